The van der Waals surface area contributed by atoms with E-state index in [9.17, 15) is 4.39 Å². The molecule has 2 aromatic carbocycles. The van der Waals surface area contributed by atoms with Gasteiger partial charge in [0.15, 0.2) is 0 Å². The van der Waals surface area contributed by atoms with E-state index in [2.05, 4.69) is 17.4 Å². The Hall–Kier alpha value is -1.03. The monoisotopic (exact) mass is 403 g/mol. The van der Waals surface area contributed by atoms with Crippen LogP contribution in [0.2, 0.25) is 5.02 Å². The van der Waals surface area contributed by atoms with E-state index in [-0.39, 0.29) is 5.82 Å². The first-order valence-corrected chi connectivity index (χ1v) is 11.5. The fourth-order valence-corrected chi connectivity index (χ4v) is 5.87. The first-order valence-electron chi connectivity index (χ1n) is 10.1. The van der Waals surface area contributed by atoms with Crippen LogP contribution in [0, 0.1) is 5.82 Å². The van der Waals surface area contributed by atoms with Crippen LogP contribution in [0.5, 0.6) is 0 Å². The molecule has 1 aliphatic carbocycles. The molecule has 144 valence electrons. The Morgan fingerprint density at radius 3 is 2.67 bits per heavy atom. The molecule has 4 rings (SSSR count). The van der Waals surface area contributed by atoms with Gasteiger partial charge in [-0.1, -0.05) is 49.1 Å². The van der Waals surface area contributed by atoms with Gasteiger partial charge in [-0.05, 0) is 79.1 Å². The van der Waals surface area contributed by atoms with Crippen LogP contribution < -0.4 is 5.32 Å². The summed E-state index contributed by atoms with van der Waals surface area (Å²) in [6.07, 6.45) is 8.07. The van der Waals surface area contributed by atoms with Gasteiger partial charge < -0.3 is 5.32 Å². The van der Waals surface area contributed by atoms with Gasteiger partial charge in [0.1, 0.15) is 5.82 Å². The van der Waals surface area contributed by atoms with Crippen LogP contribution in [0.15, 0.2) is 35.2 Å². The van der Waals surface area contributed by atoms with Crippen molar-refractivity contribution in [2.75, 3.05) is 13.1 Å². The van der Waals surface area contributed by atoms with E-state index in [1.807, 2.05) is 12.1 Å². The molecule has 0 saturated heterocycles. The molecular weight excluding hydrogens is 377 g/mol. The lowest BCUT2D eigenvalue weighted by Crippen LogP contribution is -2.16. The van der Waals surface area contributed by atoms with Crippen LogP contribution in [-0.2, 0) is 18.6 Å². The maximum atomic E-state index is 14.7. The fraction of sp³-hybridized carbons (Fsp3) is 0.478. The molecule has 0 amide bonds. The third-order valence-electron chi connectivity index (χ3n) is 5.93. The SMILES string of the molecule is Fc1cc(CSc2c(Cl)ccc3c2CCNCC3)ccc1C1CCCCC1. The molecule has 1 aliphatic heterocycles. The topological polar surface area (TPSA) is 12.0 Å². The molecule has 27 heavy (non-hydrogen) atoms. The lowest BCUT2D eigenvalue weighted by Gasteiger charge is -2.22. The van der Waals surface area contributed by atoms with E-state index < -0.39 is 0 Å². The summed E-state index contributed by atoms with van der Waals surface area (Å²) in [4.78, 5) is 1.18. The zero-order valence-electron chi connectivity index (χ0n) is 15.7. The van der Waals surface area contributed by atoms with Crippen LogP contribution in [-0.4, -0.2) is 13.1 Å². The highest BCUT2D eigenvalue weighted by atomic mass is 35.5. The molecule has 1 fully saturated rings. The molecule has 2 aliphatic rings. The minimum absolute atomic E-state index is 0.0258. The van der Waals surface area contributed by atoms with Crippen molar-refractivity contribution >= 4 is 23.4 Å². The quantitative estimate of drug-likeness (QED) is 0.584. The number of hydrogen-bond donors (Lipinski definition) is 1. The summed E-state index contributed by atoms with van der Waals surface area (Å²) in [5, 5.41) is 4.28. The summed E-state index contributed by atoms with van der Waals surface area (Å²) in [5.74, 6) is 1.14. The summed E-state index contributed by atoms with van der Waals surface area (Å²) in [6.45, 7) is 2.01. The highest BCUT2D eigenvalue weighted by Crippen LogP contribution is 2.37. The maximum absolute atomic E-state index is 14.7. The third-order valence-corrected chi connectivity index (χ3v) is 7.59. The number of rotatable bonds is 4. The molecule has 2 aromatic rings. The van der Waals surface area contributed by atoms with Crippen LogP contribution in [0.3, 0.4) is 0 Å². The van der Waals surface area contributed by atoms with Crippen molar-refractivity contribution in [3.8, 4) is 0 Å². The summed E-state index contributed by atoms with van der Waals surface area (Å²) >= 11 is 8.27. The van der Waals surface area contributed by atoms with Crippen LogP contribution in [0.25, 0.3) is 0 Å². The predicted molar refractivity (Wildman–Crippen MR) is 114 cm³/mol. The number of halogens is 2. The smallest absolute Gasteiger partial charge is 0.126 e. The molecule has 1 saturated carbocycles. The van der Waals surface area contributed by atoms with Gasteiger partial charge in [-0.2, -0.15) is 0 Å². The van der Waals surface area contributed by atoms with Gasteiger partial charge in [0.2, 0.25) is 0 Å². The Balaban J connectivity index is 1.50. The molecule has 0 unspecified atom stereocenters. The van der Waals surface area contributed by atoms with Crippen molar-refractivity contribution in [3.63, 3.8) is 0 Å². The minimum atomic E-state index is -0.0258. The molecule has 0 spiro atoms. The van der Waals surface area contributed by atoms with Crippen molar-refractivity contribution in [2.45, 2.75) is 61.5 Å². The van der Waals surface area contributed by atoms with E-state index >= 15 is 0 Å². The second kappa shape index (κ2) is 8.98. The van der Waals surface area contributed by atoms with E-state index in [0.717, 1.165) is 60.7 Å². The second-order valence-corrected chi connectivity index (χ2v) is 9.14. The Morgan fingerprint density at radius 2 is 1.85 bits per heavy atom. The highest BCUT2D eigenvalue weighted by Gasteiger charge is 2.19. The standard InChI is InChI=1S/C23H27ClFNS/c24-21-9-7-18-10-12-26-13-11-20(18)23(21)27-15-16-6-8-19(22(25)14-16)17-4-2-1-3-5-17/h6-9,14,17,26H,1-5,10-13,15H2. The normalized spacial score (nSPS) is 18.1. The summed E-state index contributed by atoms with van der Waals surface area (Å²) in [5.41, 5.74) is 4.72. The van der Waals surface area contributed by atoms with Crippen LogP contribution in [0.1, 0.15) is 60.3 Å². The summed E-state index contributed by atoms with van der Waals surface area (Å²) in [6, 6.07) is 10.1. The first kappa shape index (κ1) is 19.3. The van der Waals surface area contributed by atoms with Gasteiger partial charge in [-0.25, -0.2) is 4.39 Å². The van der Waals surface area contributed by atoms with E-state index in [1.165, 1.54) is 35.3 Å². The molecule has 0 radical (unpaired) electrons. The predicted octanol–water partition coefficient (Wildman–Crippen LogP) is 6.51. The van der Waals surface area contributed by atoms with Gasteiger partial charge in [0.25, 0.3) is 0 Å². The average molecular weight is 404 g/mol. The number of hydrogen-bond acceptors (Lipinski definition) is 2. The Morgan fingerprint density at radius 1 is 1.04 bits per heavy atom. The van der Waals surface area contributed by atoms with Gasteiger partial charge >= 0.3 is 0 Å². The molecule has 1 N–H and O–H groups in total. The molecular formula is C23H27ClFNS. The van der Waals surface area contributed by atoms with Crippen molar-refractivity contribution in [2.24, 2.45) is 0 Å². The minimum Gasteiger partial charge on any atom is -0.316 e. The largest absolute Gasteiger partial charge is 0.316 e. The lowest BCUT2D eigenvalue weighted by atomic mass is 9.83. The van der Waals surface area contributed by atoms with E-state index in [4.69, 9.17) is 11.6 Å². The van der Waals surface area contributed by atoms with E-state index in [0.29, 0.717) is 5.92 Å². The van der Waals surface area contributed by atoms with Crippen LogP contribution in [0.4, 0.5) is 4.39 Å². The summed E-state index contributed by atoms with van der Waals surface area (Å²) in [7, 11) is 0. The molecule has 0 bridgehead atoms. The zero-order chi connectivity index (χ0) is 18.6. The molecule has 0 atom stereocenters. The number of nitrogens with one attached hydrogen (secondary N) is 1. The Bertz CT molecular complexity index is 801. The van der Waals surface area contributed by atoms with Crippen molar-refractivity contribution in [1.82, 2.24) is 5.32 Å². The number of fused-ring (bicyclic) bond motifs is 1. The molecule has 0 aromatic heterocycles. The first-order chi connectivity index (χ1) is 13.2. The van der Waals surface area contributed by atoms with Crippen molar-refractivity contribution in [3.05, 3.63) is 63.4 Å². The fourth-order valence-electron chi connectivity index (χ4n) is 4.43. The Kier molecular flexibility index (Phi) is 6.42. The van der Waals surface area contributed by atoms with Crippen LogP contribution >= 0.6 is 23.4 Å². The zero-order valence-corrected chi connectivity index (χ0v) is 17.3. The van der Waals surface area contributed by atoms with Gasteiger partial charge in [0, 0.05) is 10.6 Å². The second-order valence-electron chi connectivity index (χ2n) is 7.74. The lowest BCUT2D eigenvalue weighted by molar-refractivity contribution is 0.429. The number of benzene rings is 2. The maximum Gasteiger partial charge on any atom is 0.126 e. The highest BCUT2D eigenvalue weighted by molar-refractivity contribution is 7.98. The summed E-state index contributed by atoms with van der Waals surface area (Å²) < 4.78 is 14.7. The Labute approximate surface area is 171 Å². The third kappa shape index (κ3) is 4.52. The molecule has 4 heteroatoms. The van der Waals surface area contributed by atoms with E-state index in [1.54, 1.807) is 17.8 Å². The van der Waals surface area contributed by atoms with Crippen molar-refractivity contribution < 1.29 is 4.39 Å². The molecule has 1 heterocycles. The van der Waals surface area contributed by atoms with Gasteiger partial charge in [-0.3, -0.25) is 0 Å². The van der Waals surface area contributed by atoms with Crippen molar-refractivity contribution in [1.29, 1.82) is 0 Å². The van der Waals surface area contributed by atoms with Gasteiger partial charge in [-0.15, -0.1) is 11.8 Å². The molecule has 1 nitrogen and oxygen atoms in total. The van der Waals surface area contributed by atoms with Gasteiger partial charge in [0.05, 0.1) is 5.02 Å². The number of thioether (sulfide) groups is 1. The average Bonchev–Trinajstić information content (AvgIpc) is 2.93.